The number of esters is 2. The number of β-amino-alcohol motifs (C(OH)–C–C–N with tert-alkyl or cyclic N) is 1. The molecule has 6 heterocycles. The lowest BCUT2D eigenvalue weighted by atomic mass is 9.44. The van der Waals surface area contributed by atoms with Crippen molar-refractivity contribution < 1.29 is 34.4 Å². The Kier molecular flexibility index (Phi) is 16.6. The second-order valence-corrected chi connectivity index (χ2v) is 29.1. The standard InChI is InChI=1S/C77H93N5O7/c1-5-47(33-48-13-7-6-8-14-48)38-65-77-30-22-59-60-20-21-61-64(88-72(84)68(61)69(60)77)23-29-75(55-25-32-81-66(40-55)79-4)42-54-39-56(76(87)27-9-10-28-76)17-12-26-74(2,86)46-82-71(63(54)43-75)53-35-49(34-51(37-53)44-78-3)24-31-80-45-50-15-11-16-52(36-50)58-19-18-57(83)41-62(58)67(59)70(77)73(85)89-65/h6-8,11,13-16,18-19,23,34-38,41,47,54-56,59-60,63,66,69,71,78-83,86-87H,5,9-10,20-22,24-33,39-40,42-46H2,1-4H3. The zero-order chi connectivity index (χ0) is 61.2. The van der Waals surface area contributed by atoms with Crippen molar-refractivity contribution >= 4 is 17.5 Å². The summed E-state index contributed by atoms with van der Waals surface area (Å²) in [6.07, 6.45) is 19.1. The van der Waals surface area contributed by atoms with Crippen molar-refractivity contribution in [2.24, 2.45) is 58.2 Å². The van der Waals surface area contributed by atoms with E-state index >= 15 is 9.59 Å². The van der Waals surface area contributed by atoms with Crippen molar-refractivity contribution in [3.8, 4) is 28.7 Å². The summed E-state index contributed by atoms with van der Waals surface area (Å²) in [5, 5.41) is 55.4. The van der Waals surface area contributed by atoms with Crippen LogP contribution in [0.1, 0.15) is 156 Å². The number of hydrogen-bond acceptors (Lipinski definition) is 12. The van der Waals surface area contributed by atoms with Gasteiger partial charge in [0.25, 0.3) is 0 Å². The fourth-order valence-electron chi connectivity index (χ4n) is 19.4. The van der Waals surface area contributed by atoms with Gasteiger partial charge in [-0.05, 0) is 252 Å². The number of ether oxygens (including phenoxy) is 2. The zero-order valence-corrected chi connectivity index (χ0v) is 52.8. The highest BCUT2D eigenvalue weighted by Crippen LogP contribution is 2.72. The molecule has 14 bridgehead atoms. The van der Waals surface area contributed by atoms with Gasteiger partial charge in [-0.15, -0.1) is 0 Å². The summed E-state index contributed by atoms with van der Waals surface area (Å²) in [5.41, 5.74) is 9.01. The quantitative estimate of drug-likeness (QED) is 0.0590. The summed E-state index contributed by atoms with van der Waals surface area (Å²) in [6, 6.07) is 31.9. The molecule has 0 radical (unpaired) electrons. The molecule has 0 aromatic heterocycles. The number of carbonyl (C=O) groups excluding carboxylic acids is 2. The van der Waals surface area contributed by atoms with Crippen LogP contribution in [0.4, 0.5) is 0 Å². The van der Waals surface area contributed by atoms with Gasteiger partial charge in [-0.1, -0.05) is 104 Å². The minimum absolute atomic E-state index is 0.00524. The summed E-state index contributed by atoms with van der Waals surface area (Å²) in [7, 11) is 4.07. The van der Waals surface area contributed by atoms with Gasteiger partial charge in [-0.25, -0.2) is 9.59 Å². The first kappa shape index (κ1) is 60.4. The van der Waals surface area contributed by atoms with Gasteiger partial charge < -0.3 is 51.4 Å². The largest absolute Gasteiger partial charge is 0.508 e. The monoisotopic (exact) mass is 1200 g/mol. The number of aromatic hydroxyl groups is 1. The molecule has 13 atom stereocenters. The van der Waals surface area contributed by atoms with Crippen LogP contribution in [0.15, 0.2) is 131 Å². The minimum atomic E-state index is -1.11. The number of nitrogens with one attached hydrogen (secondary N) is 5. The number of hydrogen-bond donors (Lipinski definition) is 8. The molecular formula is C77H93N5O7. The molecule has 89 heavy (non-hydrogen) atoms. The lowest BCUT2D eigenvalue weighted by Gasteiger charge is -2.56. The summed E-state index contributed by atoms with van der Waals surface area (Å²) >= 11 is 0. The first-order valence-corrected chi connectivity index (χ1v) is 34.1. The topological polar surface area (TPSA) is 173 Å². The van der Waals surface area contributed by atoms with Crippen molar-refractivity contribution in [1.82, 2.24) is 26.6 Å². The van der Waals surface area contributed by atoms with E-state index in [-0.39, 0.29) is 76.7 Å². The van der Waals surface area contributed by atoms with Gasteiger partial charge in [0.2, 0.25) is 0 Å². The molecule has 8 N–H and O–H groups in total. The molecule has 0 amide bonds. The van der Waals surface area contributed by atoms with E-state index in [0.29, 0.717) is 68.3 Å². The van der Waals surface area contributed by atoms with Gasteiger partial charge in [0.15, 0.2) is 0 Å². The number of phenolic OH excluding ortho intramolecular Hbond substituents is 1. The zero-order valence-electron chi connectivity index (χ0n) is 52.8. The van der Waals surface area contributed by atoms with Crippen LogP contribution in [0.5, 0.6) is 5.75 Å². The van der Waals surface area contributed by atoms with Crippen molar-refractivity contribution in [1.29, 1.82) is 0 Å². The Hall–Kier alpha value is -6.14. The Morgan fingerprint density at radius 3 is 2.48 bits per heavy atom. The minimum Gasteiger partial charge on any atom is -0.508 e. The molecule has 1 spiro atoms. The maximum atomic E-state index is 15.5. The third-order valence-electron chi connectivity index (χ3n) is 23.6. The highest BCUT2D eigenvalue weighted by Gasteiger charge is 2.69. The van der Waals surface area contributed by atoms with Crippen molar-refractivity contribution in [2.75, 3.05) is 33.7 Å². The summed E-state index contributed by atoms with van der Waals surface area (Å²) in [5.74, 6) is 8.02. The predicted octanol–water partition coefficient (Wildman–Crippen LogP) is 11.8. The molecule has 12 nitrogen and oxygen atoms in total. The molecule has 6 aliphatic carbocycles. The predicted molar refractivity (Wildman–Crippen MR) is 348 cm³/mol. The van der Waals surface area contributed by atoms with E-state index in [1.807, 2.05) is 32.2 Å². The number of fused-ring (bicyclic) bond motifs is 5. The molecule has 5 fully saturated rings. The van der Waals surface area contributed by atoms with E-state index in [1.165, 1.54) is 22.3 Å². The van der Waals surface area contributed by atoms with Crippen LogP contribution < -0.4 is 26.6 Å². The Bertz CT molecular complexity index is 3580. The lowest BCUT2D eigenvalue weighted by molar-refractivity contribution is -0.135. The van der Waals surface area contributed by atoms with E-state index in [1.54, 1.807) is 6.07 Å². The molecule has 468 valence electrons. The van der Waals surface area contributed by atoms with E-state index in [9.17, 15) is 15.3 Å². The number of allylic oxidation sites excluding steroid dienone is 5. The molecule has 2 saturated heterocycles. The number of aliphatic hydroxyl groups is 2. The highest BCUT2D eigenvalue weighted by atomic mass is 16.6. The van der Waals surface area contributed by atoms with Crippen LogP contribution >= 0.6 is 0 Å². The first-order chi connectivity index (χ1) is 43.2. The van der Waals surface area contributed by atoms with Crippen molar-refractivity contribution in [2.45, 2.75) is 166 Å². The Labute approximate surface area is 527 Å². The fourth-order valence-corrected chi connectivity index (χ4v) is 19.4. The SMILES string of the molecule is CCC(C=C1OC(=O)C2=C3c4cc(O)ccc4-c4cccc(c4)CNCCc4cc(CNC)cc(c4)C4NCC(C)(O)CC#CC(C5(O)CCCC5)CC5CC(C6CCNC(NC)C6)(CC=C6OC(=O)C7=C6CCC6C3CCC12C76)CC54)Cc1ccccc1. The third kappa shape index (κ3) is 11.2. The second-order valence-electron chi connectivity index (χ2n) is 29.1. The normalized spacial score (nSPS) is 33.9. The first-order valence-electron chi connectivity index (χ1n) is 34.1. The van der Waals surface area contributed by atoms with Crippen molar-refractivity contribution in [3.63, 3.8) is 0 Å². The number of carbonyl (C=O) groups is 2. The smallest absolute Gasteiger partial charge is 0.340 e. The summed E-state index contributed by atoms with van der Waals surface area (Å²) < 4.78 is 13.6. The molecule has 12 heteroatoms. The van der Waals surface area contributed by atoms with Crippen LogP contribution in [-0.2, 0) is 45.0 Å². The maximum absolute atomic E-state index is 15.5. The van der Waals surface area contributed by atoms with Crippen LogP contribution in [-0.4, -0.2) is 78.4 Å². The summed E-state index contributed by atoms with van der Waals surface area (Å²) in [4.78, 5) is 31.0. The average Bonchev–Trinajstić information content (AvgIpc) is 1.61. The summed E-state index contributed by atoms with van der Waals surface area (Å²) in [6.45, 7) is 7.47. The molecule has 13 unspecified atom stereocenters. The number of piperidine rings is 1. The fraction of sp³-hybridized carbons (Fsp3) is 0.532. The number of rotatable bonds is 9. The molecule has 6 aliphatic heterocycles. The number of cyclic esters (lactones) is 1. The van der Waals surface area contributed by atoms with E-state index < -0.39 is 16.6 Å². The molecule has 4 aromatic rings. The van der Waals surface area contributed by atoms with Crippen LogP contribution in [0, 0.1) is 70.0 Å². The maximum Gasteiger partial charge on any atom is 0.340 e. The van der Waals surface area contributed by atoms with Gasteiger partial charge in [-0.3, -0.25) is 0 Å². The van der Waals surface area contributed by atoms with Gasteiger partial charge in [0.1, 0.15) is 17.3 Å². The van der Waals surface area contributed by atoms with Crippen LogP contribution in [0.3, 0.4) is 0 Å². The molecule has 4 aromatic carbocycles. The van der Waals surface area contributed by atoms with Gasteiger partial charge in [0, 0.05) is 55.1 Å². The van der Waals surface area contributed by atoms with Crippen LogP contribution in [0.2, 0.25) is 0 Å². The second kappa shape index (κ2) is 24.5. The Morgan fingerprint density at radius 2 is 1.66 bits per heavy atom. The van der Waals surface area contributed by atoms with E-state index in [2.05, 4.69) is 131 Å². The van der Waals surface area contributed by atoms with E-state index in [0.717, 1.165) is 142 Å². The van der Waals surface area contributed by atoms with Crippen molar-refractivity contribution in [3.05, 3.63) is 165 Å². The molecule has 3 saturated carbocycles. The average molecular weight is 1200 g/mol. The molecular weight excluding hydrogens is 1110 g/mol. The van der Waals surface area contributed by atoms with E-state index in [4.69, 9.17) is 9.47 Å². The number of phenols is 1. The van der Waals surface area contributed by atoms with Gasteiger partial charge in [-0.2, -0.15) is 0 Å². The third-order valence-corrected chi connectivity index (χ3v) is 23.6. The van der Waals surface area contributed by atoms with Gasteiger partial charge in [0.05, 0.1) is 28.4 Å². The molecule has 16 rings (SSSR count). The van der Waals surface area contributed by atoms with Gasteiger partial charge >= 0.3 is 11.9 Å². The number of benzene rings is 4. The Morgan fingerprint density at radius 1 is 0.809 bits per heavy atom. The molecule has 12 aliphatic rings. The van der Waals surface area contributed by atoms with Crippen LogP contribution in [0.25, 0.3) is 16.7 Å². The lowest BCUT2D eigenvalue weighted by Crippen LogP contribution is -2.52. The Balaban J connectivity index is 0.960. The highest BCUT2D eigenvalue weighted by molar-refractivity contribution is 6.07.